The lowest BCUT2D eigenvalue weighted by atomic mass is 9.94. The SMILES string of the molecule is CC(C)NC(=O)[C@@H](C1CCCC1)N1CCN(C(=O)c2ccc([N+](=O)[O-])cc2)CC1. The van der Waals surface area contributed by atoms with Crippen molar-refractivity contribution in [3.8, 4) is 0 Å². The number of piperazine rings is 1. The van der Waals surface area contributed by atoms with Gasteiger partial charge in [0.05, 0.1) is 11.0 Å². The maximum absolute atomic E-state index is 12.9. The molecule has 2 amide bonds. The van der Waals surface area contributed by atoms with Gasteiger partial charge in [-0.2, -0.15) is 0 Å². The fourth-order valence-corrected chi connectivity index (χ4v) is 4.43. The molecule has 0 unspecified atom stereocenters. The zero-order valence-electron chi connectivity index (χ0n) is 17.2. The highest BCUT2D eigenvalue weighted by Crippen LogP contribution is 2.31. The van der Waals surface area contributed by atoms with E-state index >= 15 is 0 Å². The normalized spacial score (nSPS) is 19.3. The highest BCUT2D eigenvalue weighted by molar-refractivity contribution is 5.94. The van der Waals surface area contributed by atoms with Gasteiger partial charge in [0.25, 0.3) is 11.6 Å². The van der Waals surface area contributed by atoms with Gasteiger partial charge in [0.1, 0.15) is 0 Å². The van der Waals surface area contributed by atoms with E-state index in [1.165, 1.54) is 37.1 Å². The molecular formula is C21H30N4O4. The minimum atomic E-state index is -0.474. The molecular weight excluding hydrogens is 372 g/mol. The molecule has 1 saturated carbocycles. The van der Waals surface area contributed by atoms with E-state index in [0.717, 1.165) is 12.8 Å². The molecule has 1 aliphatic heterocycles. The topological polar surface area (TPSA) is 95.8 Å². The predicted octanol–water partition coefficient (Wildman–Crippen LogP) is 2.44. The van der Waals surface area contributed by atoms with Gasteiger partial charge in [0.2, 0.25) is 5.91 Å². The van der Waals surface area contributed by atoms with Crippen LogP contribution in [0.2, 0.25) is 0 Å². The number of benzene rings is 1. The third-order valence-corrected chi connectivity index (χ3v) is 5.87. The summed E-state index contributed by atoms with van der Waals surface area (Å²) < 4.78 is 0. The molecule has 0 aromatic heterocycles. The Labute approximate surface area is 171 Å². The maximum Gasteiger partial charge on any atom is 0.269 e. The number of amides is 2. The van der Waals surface area contributed by atoms with E-state index < -0.39 is 4.92 Å². The van der Waals surface area contributed by atoms with E-state index in [0.29, 0.717) is 37.7 Å². The molecule has 0 spiro atoms. The molecule has 1 heterocycles. The van der Waals surface area contributed by atoms with Crippen LogP contribution in [0.1, 0.15) is 49.9 Å². The zero-order chi connectivity index (χ0) is 21.0. The van der Waals surface area contributed by atoms with E-state index in [1.807, 2.05) is 13.8 Å². The van der Waals surface area contributed by atoms with Crippen molar-refractivity contribution >= 4 is 17.5 Å². The number of hydrogen-bond donors (Lipinski definition) is 1. The van der Waals surface area contributed by atoms with Crippen LogP contribution in [0.25, 0.3) is 0 Å². The molecule has 8 nitrogen and oxygen atoms in total. The summed E-state index contributed by atoms with van der Waals surface area (Å²) in [6.45, 7) is 6.37. The lowest BCUT2D eigenvalue weighted by Crippen LogP contribution is -2.58. The van der Waals surface area contributed by atoms with Gasteiger partial charge < -0.3 is 10.2 Å². The number of hydrogen-bond acceptors (Lipinski definition) is 5. The lowest BCUT2D eigenvalue weighted by Gasteiger charge is -2.41. The number of nitrogens with one attached hydrogen (secondary N) is 1. The molecule has 1 saturated heterocycles. The van der Waals surface area contributed by atoms with Crippen LogP contribution >= 0.6 is 0 Å². The Balaban J connectivity index is 1.63. The number of nitrogens with zero attached hydrogens (tertiary/aromatic N) is 3. The van der Waals surface area contributed by atoms with E-state index in [-0.39, 0.29) is 29.6 Å². The first-order valence-electron chi connectivity index (χ1n) is 10.4. The van der Waals surface area contributed by atoms with Gasteiger partial charge in [-0.25, -0.2) is 0 Å². The molecule has 3 rings (SSSR count). The van der Waals surface area contributed by atoms with Crippen LogP contribution in [0.4, 0.5) is 5.69 Å². The Morgan fingerprint density at radius 3 is 2.17 bits per heavy atom. The number of nitro groups is 1. The molecule has 29 heavy (non-hydrogen) atoms. The summed E-state index contributed by atoms with van der Waals surface area (Å²) in [6, 6.07) is 5.70. The summed E-state index contributed by atoms with van der Waals surface area (Å²) in [5, 5.41) is 13.9. The van der Waals surface area contributed by atoms with Gasteiger partial charge in [0.15, 0.2) is 0 Å². The van der Waals surface area contributed by atoms with Crippen LogP contribution in [-0.2, 0) is 4.79 Å². The van der Waals surface area contributed by atoms with Gasteiger partial charge in [-0.1, -0.05) is 12.8 Å². The summed E-state index contributed by atoms with van der Waals surface area (Å²) in [5.74, 6) is 0.358. The molecule has 2 fully saturated rings. The van der Waals surface area contributed by atoms with Crippen molar-refractivity contribution in [2.24, 2.45) is 5.92 Å². The molecule has 1 aromatic rings. The Morgan fingerprint density at radius 1 is 1.07 bits per heavy atom. The van der Waals surface area contributed by atoms with Crippen molar-refractivity contribution in [2.75, 3.05) is 26.2 Å². The fraction of sp³-hybridized carbons (Fsp3) is 0.619. The Kier molecular flexibility index (Phi) is 6.84. The van der Waals surface area contributed by atoms with Crippen LogP contribution in [0.3, 0.4) is 0 Å². The van der Waals surface area contributed by atoms with Gasteiger partial charge in [-0.3, -0.25) is 24.6 Å². The van der Waals surface area contributed by atoms with Crippen LogP contribution in [0.15, 0.2) is 24.3 Å². The first-order chi connectivity index (χ1) is 13.9. The van der Waals surface area contributed by atoms with Gasteiger partial charge in [-0.15, -0.1) is 0 Å². The monoisotopic (exact) mass is 402 g/mol. The van der Waals surface area contributed by atoms with E-state index in [4.69, 9.17) is 0 Å². The third kappa shape index (κ3) is 5.12. The predicted molar refractivity (Wildman–Crippen MR) is 110 cm³/mol. The van der Waals surface area contributed by atoms with Crippen molar-refractivity contribution in [1.29, 1.82) is 0 Å². The molecule has 2 aliphatic rings. The zero-order valence-corrected chi connectivity index (χ0v) is 17.2. The molecule has 1 N–H and O–H groups in total. The summed E-state index contributed by atoms with van der Waals surface area (Å²) in [5.41, 5.74) is 0.427. The first kappa shape index (κ1) is 21.2. The molecule has 158 valence electrons. The number of non-ortho nitro benzene ring substituents is 1. The highest BCUT2D eigenvalue weighted by atomic mass is 16.6. The Morgan fingerprint density at radius 2 is 1.66 bits per heavy atom. The van der Waals surface area contributed by atoms with Crippen molar-refractivity contribution in [3.05, 3.63) is 39.9 Å². The standard InChI is InChI=1S/C21H30N4O4/c1-15(2)22-20(26)19(16-5-3-4-6-16)23-11-13-24(14-12-23)21(27)17-7-9-18(10-8-17)25(28)29/h7-10,15-16,19H,3-6,11-14H2,1-2H3,(H,22,26)/t19-/m1/s1. The van der Waals surface area contributed by atoms with Crippen LogP contribution < -0.4 is 5.32 Å². The van der Waals surface area contributed by atoms with Crippen molar-refractivity contribution in [2.45, 2.75) is 51.6 Å². The number of rotatable bonds is 6. The average molecular weight is 402 g/mol. The lowest BCUT2D eigenvalue weighted by molar-refractivity contribution is -0.384. The van der Waals surface area contributed by atoms with Gasteiger partial charge >= 0.3 is 0 Å². The number of carbonyl (C=O) groups is 2. The molecule has 0 bridgehead atoms. The summed E-state index contributed by atoms with van der Waals surface area (Å²) in [6.07, 6.45) is 4.51. The maximum atomic E-state index is 12.9. The molecule has 8 heteroatoms. The summed E-state index contributed by atoms with van der Waals surface area (Å²) in [7, 11) is 0. The van der Waals surface area contributed by atoms with Crippen molar-refractivity contribution < 1.29 is 14.5 Å². The van der Waals surface area contributed by atoms with Crippen molar-refractivity contribution in [3.63, 3.8) is 0 Å². The second-order valence-electron chi connectivity index (χ2n) is 8.28. The first-order valence-corrected chi connectivity index (χ1v) is 10.4. The Bertz CT molecular complexity index is 736. The van der Waals surface area contributed by atoms with E-state index in [2.05, 4.69) is 10.2 Å². The van der Waals surface area contributed by atoms with E-state index in [9.17, 15) is 19.7 Å². The molecule has 1 atom stereocenters. The smallest absolute Gasteiger partial charge is 0.269 e. The minimum absolute atomic E-state index is 0.0260. The summed E-state index contributed by atoms with van der Waals surface area (Å²) in [4.78, 5) is 39.9. The van der Waals surface area contributed by atoms with Crippen LogP contribution in [-0.4, -0.2) is 64.8 Å². The van der Waals surface area contributed by atoms with Gasteiger partial charge in [0, 0.05) is 49.9 Å². The summed E-state index contributed by atoms with van der Waals surface area (Å²) >= 11 is 0. The second-order valence-corrected chi connectivity index (χ2v) is 8.28. The highest BCUT2D eigenvalue weighted by Gasteiger charge is 2.37. The van der Waals surface area contributed by atoms with Crippen molar-refractivity contribution in [1.82, 2.24) is 15.1 Å². The molecule has 1 aliphatic carbocycles. The van der Waals surface area contributed by atoms with E-state index in [1.54, 1.807) is 4.90 Å². The number of nitro benzene ring substituents is 1. The largest absolute Gasteiger partial charge is 0.353 e. The molecule has 0 radical (unpaired) electrons. The van der Waals surface area contributed by atoms with Crippen LogP contribution in [0.5, 0.6) is 0 Å². The number of carbonyl (C=O) groups excluding carboxylic acids is 2. The Hall–Kier alpha value is -2.48. The van der Waals surface area contributed by atoms with Gasteiger partial charge in [-0.05, 0) is 44.7 Å². The quantitative estimate of drug-likeness (QED) is 0.582. The molecule has 1 aromatic carbocycles. The third-order valence-electron chi connectivity index (χ3n) is 5.87. The fourth-order valence-electron chi connectivity index (χ4n) is 4.43. The second kappa shape index (κ2) is 9.35. The van der Waals surface area contributed by atoms with Crippen LogP contribution in [0, 0.1) is 16.0 Å². The average Bonchev–Trinajstić information content (AvgIpc) is 3.22. The minimum Gasteiger partial charge on any atom is -0.353 e.